The van der Waals surface area contributed by atoms with Crippen LogP contribution in [-0.2, 0) is 16.9 Å². The van der Waals surface area contributed by atoms with Crippen LogP contribution in [0.15, 0.2) is 54.9 Å². The number of benzene rings is 2. The van der Waals surface area contributed by atoms with Crippen LogP contribution in [0.5, 0.6) is 0 Å². The molecule has 6 heteroatoms. The third-order valence-corrected chi connectivity index (χ3v) is 4.82. The van der Waals surface area contributed by atoms with Gasteiger partial charge in [-0.1, -0.05) is 36.4 Å². The second-order valence-corrected chi connectivity index (χ2v) is 6.38. The number of aryl methyl sites for hydroxylation is 1. The fourth-order valence-corrected chi connectivity index (χ4v) is 3.35. The Balaban J connectivity index is 1.79. The Kier molecular flexibility index (Phi) is 3.58. The highest BCUT2D eigenvalue weighted by molar-refractivity contribution is 7.71. The van der Waals surface area contributed by atoms with Gasteiger partial charge in [0.25, 0.3) is 0 Å². The van der Waals surface area contributed by atoms with E-state index in [2.05, 4.69) is 23.1 Å². The highest BCUT2D eigenvalue weighted by Crippen LogP contribution is 2.58. The van der Waals surface area contributed by atoms with Gasteiger partial charge in [-0.3, -0.25) is 9.78 Å². The molecule has 1 fully saturated rings. The van der Waals surface area contributed by atoms with Gasteiger partial charge in [0.05, 0.1) is 6.54 Å². The number of H-pyrrole nitrogens is 1. The van der Waals surface area contributed by atoms with Crippen LogP contribution in [0.25, 0.3) is 0 Å². The predicted octanol–water partition coefficient (Wildman–Crippen LogP) is 4.06. The first kappa shape index (κ1) is 15.2. The molecule has 2 aromatic carbocycles. The molecule has 2 atom stereocenters. The molecule has 0 aliphatic carbocycles. The maximum Gasteiger partial charge on any atom is 0.215 e. The summed E-state index contributed by atoms with van der Waals surface area (Å²) in [5.41, 5.74) is 2.40. The average molecular weight is 341 g/mol. The Morgan fingerprint density at radius 1 is 1.29 bits per heavy atom. The predicted molar refractivity (Wildman–Crippen MR) is 90.5 cm³/mol. The van der Waals surface area contributed by atoms with Crippen molar-refractivity contribution in [3.05, 3.63) is 82.1 Å². The van der Waals surface area contributed by atoms with Gasteiger partial charge in [0.2, 0.25) is 4.77 Å². The second-order valence-electron chi connectivity index (χ2n) is 6.01. The summed E-state index contributed by atoms with van der Waals surface area (Å²) >= 11 is 5.23. The molecule has 1 aliphatic rings. The van der Waals surface area contributed by atoms with Crippen molar-refractivity contribution in [3.63, 3.8) is 0 Å². The lowest BCUT2D eigenvalue weighted by atomic mass is 9.90. The van der Waals surface area contributed by atoms with Gasteiger partial charge in [0.1, 0.15) is 23.8 Å². The molecule has 1 aliphatic heterocycles. The molecule has 0 radical (unpaired) electrons. The quantitative estimate of drug-likeness (QED) is 0.575. The fraction of sp³-hybridized carbons (Fsp3) is 0.222. The Morgan fingerprint density at radius 2 is 2.12 bits per heavy atom. The van der Waals surface area contributed by atoms with E-state index in [0.29, 0.717) is 11.3 Å². The van der Waals surface area contributed by atoms with Gasteiger partial charge in [-0.2, -0.15) is 0 Å². The van der Waals surface area contributed by atoms with E-state index in [4.69, 9.17) is 17.0 Å². The first-order valence-corrected chi connectivity index (χ1v) is 8.10. The third kappa shape index (κ3) is 2.48. The molecule has 4 rings (SSSR count). The van der Waals surface area contributed by atoms with E-state index in [0.717, 1.165) is 16.7 Å². The van der Waals surface area contributed by atoms with E-state index in [1.165, 1.54) is 12.1 Å². The minimum atomic E-state index is -0.654. The number of aromatic nitrogens is 3. The van der Waals surface area contributed by atoms with Crippen LogP contribution < -0.4 is 0 Å². The average Bonchev–Trinajstić information content (AvgIpc) is 3.16. The SMILES string of the molecule is Cc1ccccc1[C@H]1O[C@]1(Cn1[nH]cnc1=S)c1cccc(F)c1. The molecule has 3 aromatic rings. The maximum atomic E-state index is 13.8. The molecule has 24 heavy (non-hydrogen) atoms. The van der Waals surface area contributed by atoms with Gasteiger partial charge in [-0.05, 0) is 48.0 Å². The van der Waals surface area contributed by atoms with Crippen molar-refractivity contribution in [2.75, 3.05) is 0 Å². The van der Waals surface area contributed by atoms with E-state index in [9.17, 15) is 4.39 Å². The molecule has 4 nitrogen and oxygen atoms in total. The minimum absolute atomic E-state index is 0.148. The van der Waals surface area contributed by atoms with Crippen molar-refractivity contribution >= 4 is 12.2 Å². The first-order valence-electron chi connectivity index (χ1n) is 7.70. The highest BCUT2D eigenvalue weighted by Gasteiger charge is 2.59. The molecule has 0 saturated carbocycles. The van der Waals surface area contributed by atoms with Gasteiger partial charge in [-0.15, -0.1) is 0 Å². The zero-order valence-electron chi connectivity index (χ0n) is 13.1. The summed E-state index contributed by atoms with van der Waals surface area (Å²) in [6, 6.07) is 14.6. The summed E-state index contributed by atoms with van der Waals surface area (Å²) in [5.74, 6) is -0.279. The van der Waals surface area contributed by atoms with Crippen LogP contribution in [0, 0.1) is 17.5 Å². The van der Waals surface area contributed by atoms with Crippen molar-refractivity contribution in [3.8, 4) is 0 Å². The summed E-state index contributed by atoms with van der Waals surface area (Å²) in [5, 5.41) is 3.00. The van der Waals surface area contributed by atoms with Crippen LogP contribution in [0.2, 0.25) is 0 Å². The van der Waals surface area contributed by atoms with Crippen molar-refractivity contribution in [1.29, 1.82) is 0 Å². The van der Waals surface area contributed by atoms with Gasteiger partial charge in [-0.25, -0.2) is 9.37 Å². The lowest BCUT2D eigenvalue weighted by Gasteiger charge is -2.15. The monoisotopic (exact) mass is 341 g/mol. The fourth-order valence-electron chi connectivity index (χ4n) is 3.18. The molecule has 0 amide bonds. The van der Waals surface area contributed by atoms with Crippen molar-refractivity contribution < 1.29 is 9.13 Å². The molecule has 122 valence electrons. The molecular weight excluding hydrogens is 325 g/mol. The maximum absolute atomic E-state index is 13.8. The lowest BCUT2D eigenvalue weighted by molar-refractivity contribution is 0.261. The molecular formula is C18H16FN3OS. The highest BCUT2D eigenvalue weighted by atomic mass is 32.1. The molecule has 1 aromatic heterocycles. The molecule has 0 bridgehead atoms. The van der Waals surface area contributed by atoms with Crippen LogP contribution in [0.4, 0.5) is 4.39 Å². The van der Waals surface area contributed by atoms with Gasteiger partial charge < -0.3 is 4.74 Å². The summed E-state index contributed by atoms with van der Waals surface area (Å²) in [7, 11) is 0. The number of ether oxygens (including phenoxy) is 1. The van der Waals surface area contributed by atoms with Gasteiger partial charge in [0.15, 0.2) is 0 Å². The number of rotatable bonds is 4. The van der Waals surface area contributed by atoms with E-state index in [-0.39, 0.29) is 11.9 Å². The summed E-state index contributed by atoms with van der Waals surface area (Å²) in [6.45, 7) is 2.50. The number of nitrogens with one attached hydrogen (secondary N) is 1. The van der Waals surface area contributed by atoms with Crippen LogP contribution in [0.3, 0.4) is 0 Å². The standard InChI is InChI=1S/C18H16FN3OS/c1-12-5-2-3-8-15(12)16-18(23-16,10-22-17(24)20-11-21-22)13-6-4-7-14(19)9-13/h2-9,11,16H,10H2,1H3,(H,20,21,24)/t16-,18-/m1/s1. The van der Waals surface area contributed by atoms with E-state index < -0.39 is 5.60 Å². The normalized spacial score (nSPS) is 22.5. The zero-order valence-corrected chi connectivity index (χ0v) is 13.9. The summed E-state index contributed by atoms with van der Waals surface area (Å²) in [6.07, 6.45) is 1.40. The largest absolute Gasteiger partial charge is 0.354 e. The Labute approximate surface area is 143 Å². The summed E-state index contributed by atoms with van der Waals surface area (Å²) in [4.78, 5) is 4.05. The van der Waals surface area contributed by atoms with Crippen molar-refractivity contribution in [2.24, 2.45) is 0 Å². The Hall–Kier alpha value is -2.31. The third-order valence-electron chi connectivity index (χ3n) is 4.49. The van der Waals surface area contributed by atoms with Crippen molar-refractivity contribution in [2.45, 2.75) is 25.2 Å². The van der Waals surface area contributed by atoms with Crippen molar-refractivity contribution in [1.82, 2.24) is 14.8 Å². The van der Waals surface area contributed by atoms with Crippen LogP contribution >= 0.6 is 12.2 Å². The van der Waals surface area contributed by atoms with E-state index >= 15 is 0 Å². The number of aromatic amines is 1. The Bertz CT molecular complexity index is 951. The van der Waals surface area contributed by atoms with E-state index in [1.807, 2.05) is 24.3 Å². The molecule has 1 saturated heterocycles. The minimum Gasteiger partial charge on any atom is -0.354 e. The van der Waals surface area contributed by atoms with Gasteiger partial charge >= 0.3 is 0 Å². The molecule has 0 spiro atoms. The van der Waals surface area contributed by atoms with Crippen LogP contribution in [0.1, 0.15) is 22.8 Å². The number of epoxide rings is 1. The number of halogens is 1. The number of nitrogens with zero attached hydrogens (tertiary/aromatic N) is 2. The first-order chi connectivity index (χ1) is 11.6. The number of hydrogen-bond acceptors (Lipinski definition) is 3. The molecule has 0 unspecified atom stereocenters. The smallest absolute Gasteiger partial charge is 0.215 e. The second kappa shape index (κ2) is 5.65. The zero-order chi connectivity index (χ0) is 16.7. The van der Waals surface area contributed by atoms with Crippen LogP contribution in [-0.4, -0.2) is 14.8 Å². The summed E-state index contributed by atoms with van der Waals surface area (Å²) < 4.78 is 22.1. The van der Waals surface area contributed by atoms with Gasteiger partial charge in [0, 0.05) is 0 Å². The molecule has 2 heterocycles. The topological polar surface area (TPSA) is 46.1 Å². The molecule has 1 N–H and O–H groups in total. The Morgan fingerprint density at radius 3 is 2.83 bits per heavy atom. The number of hydrogen-bond donors (Lipinski definition) is 1. The van der Waals surface area contributed by atoms with E-state index in [1.54, 1.807) is 17.1 Å². The lowest BCUT2D eigenvalue weighted by Crippen LogP contribution is -2.20.